The van der Waals surface area contributed by atoms with E-state index in [9.17, 15) is 35.4 Å². The Balaban J connectivity index is 2.27. The number of hydrogen-bond acceptors (Lipinski definition) is 9. The zero-order valence-electron chi connectivity index (χ0n) is 13.8. The number of primary sulfonamides is 1. The Morgan fingerprint density at radius 2 is 1.72 bits per heavy atom. The molecule has 16 heteroatoms. The zero-order chi connectivity index (χ0) is 21.8. The lowest BCUT2D eigenvalue weighted by atomic mass is 10.3. The second-order valence-corrected chi connectivity index (χ2v) is 11.2. The van der Waals surface area contributed by atoms with Crippen LogP contribution < -0.4 is 5.14 Å². The van der Waals surface area contributed by atoms with E-state index in [1.54, 1.807) is 0 Å². The van der Waals surface area contributed by atoms with Gasteiger partial charge in [-0.15, -0.1) is 3.71 Å². The SMILES string of the molecule is NS(=O)(=O)c1cc2c(cc1Cl)N=CN(S(=O)(=O)c1ccccc1[N+](=O)[O-])S2(=O)=O. The third-order valence-electron chi connectivity index (χ3n) is 3.70. The van der Waals surface area contributed by atoms with Gasteiger partial charge >= 0.3 is 0 Å². The van der Waals surface area contributed by atoms with E-state index < -0.39 is 60.4 Å². The average molecular weight is 481 g/mol. The zero-order valence-corrected chi connectivity index (χ0v) is 17.0. The lowest BCUT2D eigenvalue weighted by Crippen LogP contribution is -2.37. The minimum absolute atomic E-state index is 0.189. The number of nitro groups is 1. The van der Waals surface area contributed by atoms with Crippen LogP contribution in [0.2, 0.25) is 5.02 Å². The molecular formula is C13H9ClN4O8S3. The van der Waals surface area contributed by atoms with Crippen LogP contribution in [0.1, 0.15) is 0 Å². The molecule has 0 aliphatic carbocycles. The summed E-state index contributed by atoms with van der Waals surface area (Å²) in [6, 6.07) is 5.56. The minimum Gasteiger partial charge on any atom is -0.258 e. The summed E-state index contributed by atoms with van der Waals surface area (Å²) in [5, 5.41) is 15.7. The number of hydrogen-bond donors (Lipinski definition) is 1. The van der Waals surface area contributed by atoms with E-state index in [0.29, 0.717) is 12.4 Å². The van der Waals surface area contributed by atoms with E-state index in [1.807, 2.05) is 0 Å². The number of aliphatic imine (C=N–C) groups is 1. The topological polar surface area (TPSA) is 187 Å². The first-order valence-electron chi connectivity index (χ1n) is 7.21. The van der Waals surface area contributed by atoms with Crippen molar-refractivity contribution in [2.45, 2.75) is 14.7 Å². The summed E-state index contributed by atoms with van der Waals surface area (Å²) >= 11 is 5.78. The van der Waals surface area contributed by atoms with Crippen molar-refractivity contribution < 1.29 is 30.2 Å². The lowest BCUT2D eigenvalue weighted by Gasteiger charge is -2.24. The number of nitrogens with zero attached hydrogens (tertiary/aromatic N) is 3. The second-order valence-electron chi connectivity index (χ2n) is 5.50. The van der Waals surface area contributed by atoms with Crippen LogP contribution in [0.3, 0.4) is 0 Å². The largest absolute Gasteiger partial charge is 0.289 e. The van der Waals surface area contributed by atoms with Gasteiger partial charge in [-0.1, -0.05) is 23.7 Å². The molecule has 3 rings (SSSR count). The van der Waals surface area contributed by atoms with Crippen LogP contribution >= 0.6 is 11.6 Å². The van der Waals surface area contributed by atoms with E-state index in [4.69, 9.17) is 16.7 Å². The molecule has 1 heterocycles. The highest BCUT2D eigenvalue weighted by molar-refractivity contribution is 8.05. The first kappa shape index (κ1) is 21.1. The van der Waals surface area contributed by atoms with Gasteiger partial charge in [0.15, 0.2) is 4.90 Å². The van der Waals surface area contributed by atoms with Crippen LogP contribution in [0, 0.1) is 10.1 Å². The number of sulfonamides is 3. The Hall–Kier alpha value is -2.59. The Labute approximate surface area is 169 Å². The minimum atomic E-state index is -5.01. The van der Waals surface area contributed by atoms with Gasteiger partial charge in [0.25, 0.3) is 25.7 Å². The second kappa shape index (κ2) is 6.74. The van der Waals surface area contributed by atoms with Gasteiger partial charge in [-0.25, -0.2) is 18.5 Å². The summed E-state index contributed by atoms with van der Waals surface area (Å²) in [4.78, 5) is 11.4. The molecule has 0 aromatic heterocycles. The normalized spacial score (nSPS) is 15.7. The lowest BCUT2D eigenvalue weighted by molar-refractivity contribution is -0.387. The average Bonchev–Trinajstić information content (AvgIpc) is 2.59. The van der Waals surface area contributed by atoms with Crippen molar-refractivity contribution in [2.75, 3.05) is 0 Å². The van der Waals surface area contributed by atoms with Gasteiger partial charge in [-0.05, 0) is 18.2 Å². The van der Waals surface area contributed by atoms with Gasteiger partial charge < -0.3 is 0 Å². The predicted octanol–water partition coefficient (Wildman–Crippen LogP) is 0.949. The summed E-state index contributed by atoms with van der Waals surface area (Å²) in [5.41, 5.74) is -1.19. The molecule has 2 N–H and O–H groups in total. The number of benzene rings is 2. The fourth-order valence-corrected chi connectivity index (χ4v) is 7.15. The standard InChI is InChI=1S/C13H9ClN4O8S3/c14-8-5-9-13(6-12(8)27(15,21)22)29(25,26)17(7-16-9)28(23,24)11-4-2-1-3-10(11)18(19)20/h1-7H,(H2,15,21,22). The summed E-state index contributed by atoms with van der Waals surface area (Å²) in [7, 11) is -14.4. The van der Waals surface area contributed by atoms with Gasteiger partial charge in [0.1, 0.15) is 16.1 Å². The molecule has 0 spiro atoms. The number of fused-ring (bicyclic) bond motifs is 1. The summed E-state index contributed by atoms with van der Waals surface area (Å²) < 4.78 is 74.6. The molecule has 0 radical (unpaired) electrons. The monoisotopic (exact) mass is 480 g/mol. The van der Waals surface area contributed by atoms with E-state index in [2.05, 4.69) is 4.99 Å². The Morgan fingerprint density at radius 1 is 1.10 bits per heavy atom. The molecule has 0 amide bonds. The van der Waals surface area contributed by atoms with Gasteiger partial charge in [0.05, 0.1) is 15.6 Å². The molecular weight excluding hydrogens is 472 g/mol. The highest BCUT2D eigenvalue weighted by Crippen LogP contribution is 2.39. The van der Waals surface area contributed by atoms with E-state index in [-0.39, 0.29) is 9.40 Å². The molecule has 154 valence electrons. The molecule has 2 aromatic rings. The van der Waals surface area contributed by atoms with E-state index in [0.717, 1.165) is 18.2 Å². The van der Waals surface area contributed by atoms with Crippen molar-refractivity contribution in [3.63, 3.8) is 0 Å². The molecule has 0 saturated heterocycles. The highest BCUT2D eigenvalue weighted by atomic mass is 35.5. The Bertz CT molecular complexity index is 1400. The Morgan fingerprint density at radius 3 is 2.31 bits per heavy atom. The van der Waals surface area contributed by atoms with Gasteiger partial charge in [-0.2, -0.15) is 16.8 Å². The quantitative estimate of drug-likeness (QED) is 0.494. The smallest absolute Gasteiger partial charge is 0.258 e. The van der Waals surface area contributed by atoms with Gasteiger partial charge in [0, 0.05) is 6.07 Å². The van der Waals surface area contributed by atoms with Crippen LogP contribution in [-0.4, -0.2) is 40.2 Å². The van der Waals surface area contributed by atoms with Crippen molar-refractivity contribution in [3.05, 3.63) is 51.5 Å². The fourth-order valence-electron chi connectivity index (χ4n) is 2.43. The molecule has 0 fully saturated rings. The molecule has 0 atom stereocenters. The number of halogens is 1. The summed E-state index contributed by atoms with van der Waals surface area (Å²) in [6.45, 7) is 0. The summed E-state index contributed by atoms with van der Waals surface area (Å²) in [5.74, 6) is 0. The van der Waals surface area contributed by atoms with Crippen LogP contribution in [-0.2, 0) is 30.1 Å². The number of rotatable bonds is 4. The molecule has 0 saturated carbocycles. The van der Waals surface area contributed by atoms with Gasteiger partial charge in [0.2, 0.25) is 10.0 Å². The van der Waals surface area contributed by atoms with E-state index >= 15 is 0 Å². The highest BCUT2D eigenvalue weighted by Gasteiger charge is 2.42. The molecule has 0 bridgehead atoms. The number of para-hydroxylation sites is 1. The number of nitro benzene ring substituents is 1. The fraction of sp³-hybridized carbons (Fsp3) is 0. The van der Waals surface area contributed by atoms with Crippen molar-refractivity contribution in [1.29, 1.82) is 0 Å². The van der Waals surface area contributed by atoms with E-state index in [1.165, 1.54) is 12.1 Å². The molecule has 12 nitrogen and oxygen atoms in total. The Kier molecular flexibility index (Phi) is 4.91. The van der Waals surface area contributed by atoms with Crippen LogP contribution in [0.15, 0.2) is 56.1 Å². The number of nitrogens with two attached hydrogens (primary N) is 1. The maximum absolute atomic E-state index is 12.9. The molecule has 2 aromatic carbocycles. The van der Waals surface area contributed by atoms with Crippen molar-refractivity contribution in [1.82, 2.24) is 3.71 Å². The third-order valence-corrected chi connectivity index (χ3v) is 9.18. The molecule has 1 aliphatic heterocycles. The van der Waals surface area contributed by atoms with Crippen molar-refractivity contribution in [2.24, 2.45) is 10.1 Å². The van der Waals surface area contributed by atoms with Gasteiger partial charge in [-0.3, -0.25) is 10.1 Å². The maximum Gasteiger partial charge on any atom is 0.289 e. The van der Waals surface area contributed by atoms with Crippen LogP contribution in [0.4, 0.5) is 11.4 Å². The molecule has 29 heavy (non-hydrogen) atoms. The first-order chi connectivity index (χ1) is 13.3. The van der Waals surface area contributed by atoms with Crippen molar-refractivity contribution >= 4 is 59.4 Å². The maximum atomic E-state index is 12.9. The molecule has 1 aliphatic rings. The van der Waals surface area contributed by atoms with Crippen LogP contribution in [0.5, 0.6) is 0 Å². The third kappa shape index (κ3) is 3.46. The van der Waals surface area contributed by atoms with Crippen LogP contribution in [0.25, 0.3) is 0 Å². The summed E-state index contributed by atoms with van der Waals surface area (Å²) in [6.07, 6.45) is 0.427. The first-order valence-corrected chi connectivity index (χ1v) is 12.0. The van der Waals surface area contributed by atoms with Crippen molar-refractivity contribution in [3.8, 4) is 0 Å². The predicted molar refractivity (Wildman–Crippen MR) is 100 cm³/mol. The molecule has 0 unspecified atom stereocenters.